The molecule has 1 amide bonds. The molecule has 0 saturated heterocycles. The van der Waals surface area contributed by atoms with Gasteiger partial charge in [-0.25, -0.2) is 9.98 Å². The molecule has 0 bridgehead atoms. The Morgan fingerprint density at radius 1 is 1.06 bits per heavy atom. The summed E-state index contributed by atoms with van der Waals surface area (Å²) in [5, 5.41) is 3.37. The number of aliphatic imine (C=N–C) groups is 1. The topological polar surface area (TPSA) is 84.6 Å². The van der Waals surface area contributed by atoms with Crippen molar-refractivity contribution in [1.82, 2.24) is 4.98 Å². The Hall–Kier alpha value is -4.03. The van der Waals surface area contributed by atoms with E-state index in [4.69, 9.17) is 21.0 Å². The molecule has 0 fully saturated rings. The SMILES string of the molecule is CC(C)C(=O)Cc1ccc(-c2cnc3c(c2)CC(c2cc(NC(=O)c4ccco4)ccc2Cl)=N3)cc1. The van der Waals surface area contributed by atoms with Gasteiger partial charge in [0.1, 0.15) is 5.78 Å². The van der Waals surface area contributed by atoms with Crippen molar-refractivity contribution in [3.05, 3.63) is 101 Å². The predicted molar refractivity (Wildman–Crippen MR) is 141 cm³/mol. The molecule has 0 radical (unpaired) electrons. The molecule has 7 heteroatoms. The van der Waals surface area contributed by atoms with Gasteiger partial charge < -0.3 is 9.73 Å². The van der Waals surface area contributed by atoms with Gasteiger partial charge >= 0.3 is 0 Å². The number of pyridine rings is 1. The highest BCUT2D eigenvalue weighted by molar-refractivity contribution is 6.34. The molecule has 6 nitrogen and oxygen atoms in total. The van der Waals surface area contributed by atoms with Crippen LogP contribution in [0.15, 0.2) is 82.5 Å². The molecule has 0 saturated carbocycles. The molecular formula is C29H24ClN3O3. The molecule has 180 valence electrons. The molecule has 1 N–H and O–H groups in total. The summed E-state index contributed by atoms with van der Waals surface area (Å²) in [6, 6.07) is 18.7. The quantitative estimate of drug-likeness (QED) is 0.308. The minimum Gasteiger partial charge on any atom is -0.459 e. The number of halogens is 1. The van der Waals surface area contributed by atoms with Gasteiger partial charge in [0, 0.05) is 52.4 Å². The van der Waals surface area contributed by atoms with E-state index in [0.717, 1.165) is 33.5 Å². The summed E-state index contributed by atoms with van der Waals surface area (Å²) in [7, 11) is 0. The number of hydrogen-bond donors (Lipinski definition) is 1. The Labute approximate surface area is 214 Å². The summed E-state index contributed by atoms with van der Waals surface area (Å²) in [6.07, 6.45) is 4.28. The third kappa shape index (κ3) is 4.99. The van der Waals surface area contributed by atoms with Crippen LogP contribution in [-0.2, 0) is 17.6 Å². The minimum absolute atomic E-state index is 0.0289. The first-order valence-electron chi connectivity index (χ1n) is 11.7. The van der Waals surface area contributed by atoms with Gasteiger partial charge in [-0.15, -0.1) is 0 Å². The zero-order chi connectivity index (χ0) is 25.2. The van der Waals surface area contributed by atoms with E-state index in [9.17, 15) is 9.59 Å². The second-order valence-electron chi connectivity index (χ2n) is 9.06. The number of furan rings is 1. The number of hydrogen-bond acceptors (Lipinski definition) is 5. The number of nitrogens with zero attached hydrogens (tertiary/aromatic N) is 2. The fourth-order valence-electron chi connectivity index (χ4n) is 4.04. The number of fused-ring (bicyclic) bond motifs is 1. The van der Waals surface area contributed by atoms with Gasteiger partial charge in [0.25, 0.3) is 5.91 Å². The summed E-state index contributed by atoms with van der Waals surface area (Å²) in [5.41, 5.74) is 6.15. The Balaban J connectivity index is 1.33. The molecule has 0 atom stereocenters. The lowest BCUT2D eigenvalue weighted by Gasteiger charge is -2.09. The smallest absolute Gasteiger partial charge is 0.291 e. The zero-order valence-electron chi connectivity index (χ0n) is 19.9. The first-order valence-corrected chi connectivity index (χ1v) is 12.1. The van der Waals surface area contributed by atoms with Crippen LogP contribution >= 0.6 is 11.6 Å². The van der Waals surface area contributed by atoms with E-state index in [1.165, 1.54) is 6.26 Å². The van der Waals surface area contributed by atoms with Crippen LogP contribution in [0.2, 0.25) is 5.02 Å². The number of ketones is 1. The highest BCUT2D eigenvalue weighted by Gasteiger charge is 2.21. The summed E-state index contributed by atoms with van der Waals surface area (Å²) >= 11 is 6.50. The monoisotopic (exact) mass is 497 g/mol. The van der Waals surface area contributed by atoms with Crippen molar-refractivity contribution in [2.45, 2.75) is 26.7 Å². The average molecular weight is 498 g/mol. The number of aromatic nitrogens is 1. The van der Waals surface area contributed by atoms with E-state index < -0.39 is 0 Å². The van der Waals surface area contributed by atoms with Crippen molar-refractivity contribution in [1.29, 1.82) is 0 Å². The van der Waals surface area contributed by atoms with Crippen LogP contribution in [0.5, 0.6) is 0 Å². The van der Waals surface area contributed by atoms with Gasteiger partial charge in [0.05, 0.1) is 12.0 Å². The second-order valence-corrected chi connectivity index (χ2v) is 9.47. The van der Waals surface area contributed by atoms with E-state index in [1.54, 1.807) is 30.5 Å². The number of Topliss-reactive ketones (excluding diaryl/α,β-unsaturated/α-hetero) is 1. The van der Waals surface area contributed by atoms with E-state index >= 15 is 0 Å². The summed E-state index contributed by atoms with van der Waals surface area (Å²) < 4.78 is 5.16. The van der Waals surface area contributed by atoms with Crippen LogP contribution in [0.3, 0.4) is 0 Å². The van der Waals surface area contributed by atoms with Crippen molar-refractivity contribution in [2.24, 2.45) is 10.9 Å². The van der Waals surface area contributed by atoms with E-state index in [1.807, 2.05) is 44.2 Å². The summed E-state index contributed by atoms with van der Waals surface area (Å²) in [4.78, 5) is 33.7. The van der Waals surface area contributed by atoms with Gasteiger partial charge in [0.15, 0.2) is 11.6 Å². The second kappa shape index (κ2) is 9.91. The van der Waals surface area contributed by atoms with Gasteiger partial charge in [-0.05, 0) is 47.5 Å². The van der Waals surface area contributed by atoms with E-state index in [0.29, 0.717) is 29.4 Å². The van der Waals surface area contributed by atoms with Gasteiger partial charge in [-0.2, -0.15) is 0 Å². The molecule has 0 unspecified atom stereocenters. The normalized spacial score (nSPS) is 12.4. The first-order chi connectivity index (χ1) is 17.4. The molecule has 1 aliphatic rings. The van der Waals surface area contributed by atoms with Crippen molar-refractivity contribution in [2.75, 3.05) is 5.32 Å². The number of benzene rings is 2. The Morgan fingerprint density at radius 3 is 2.58 bits per heavy atom. The molecule has 3 heterocycles. The van der Waals surface area contributed by atoms with Gasteiger partial charge in [0.2, 0.25) is 0 Å². The molecule has 0 aliphatic carbocycles. The largest absolute Gasteiger partial charge is 0.459 e. The van der Waals surface area contributed by atoms with Crippen molar-refractivity contribution in [3.63, 3.8) is 0 Å². The molecule has 5 rings (SSSR count). The Kier molecular flexibility index (Phi) is 6.53. The lowest BCUT2D eigenvalue weighted by atomic mass is 9.98. The van der Waals surface area contributed by atoms with Crippen LogP contribution in [0, 0.1) is 5.92 Å². The van der Waals surface area contributed by atoms with Crippen LogP contribution in [-0.4, -0.2) is 22.4 Å². The lowest BCUT2D eigenvalue weighted by Crippen LogP contribution is -2.11. The lowest BCUT2D eigenvalue weighted by molar-refractivity contribution is -0.121. The highest BCUT2D eigenvalue weighted by Crippen LogP contribution is 2.33. The highest BCUT2D eigenvalue weighted by atomic mass is 35.5. The van der Waals surface area contributed by atoms with Crippen molar-refractivity contribution < 1.29 is 14.0 Å². The zero-order valence-corrected chi connectivity index (χ0v) is 20.7. The van der Waals surface area contributed by atoms with E-state index in [2.05, 4.69) is 16.4 Å². The summed E-state index contributed by atoms with van der Waals surface area (Å²) in [6.45, 7) is 3.84. The molecule has 4 aromatic rings. The first kappa shape index (κ1) is 23.7. The fourth-order valence-corrected chi connectivity index (χ4v) is 4.27. The average Bonchev–Trinajstić information content (AvgIpc) is 3.55. The van der Waals surface area contributed by atoms with E-state index in [-0.39, 0.29) is 23.4 Å². The number of carbonyl (C=O) groups is 2. The predicted octanol–water partition coefficient (Wildman–Crippen LogP) is 6.69. The summed E-state index contributed by atoms with van der Waals surface area (Å²) in [5.74, 6) is 0.814. The number of nitrogens with one attached hydrogen (secondary N) is 1. The molecule has 2 aromatic heterocycles. The van der Waals surface area contributed by atoms with Crippen molar-refractivity contribution >= 4 is 40.5 Å². The molecule has 36 heavy (non-hydrogen) atoms. The van der Waals surface area contributed by atoms with Crippen LogP contribution in [0.25, 0.3) is 11.1 Å². The third-order valence-electron chi connectivity index (χ3n) is 6.13. The van der Waals surface area contributed by atoms with Crippen molar-refractivity contribution in [3.8, 4) is 11.1 Å². The maximum Gasteiger partial charge on any atom is 0.291 e. The molecule has 0 spiro atoms. The maximum absolute atomic E-state index is 12.4. The van der Waals surface area contributed by atoms with Crippen LogP contribution < -0.4 is 5.32 Å². The fraction of sp³-hybridized carbons (Fsp3) is 0.172. The standard InChI is InChI=1S/C29H24ClN3O3/c1-17(2)26(34)12-18-5-7-19(8-6-18)21-13-20-14-25(33-28(20)31-16-21)23-15-22(9-10-24(23)30)32-29(35)27-4-3-11-36-27/h3-11,13,15-17H,12,14H2,1-2H3,(H,32,35). The Bertz CT molecular complexity index is 1470. The maximum atomic E-state index is 12.4. The molecule has 1 aliphatic heterocycles. The number of carbonyl (C=O) groups excluding carboxylic acids is 2. The number of rotatable bonds is 7. The molecule has 2 aromatic carbocycles. The van der Waals surface area contributed by atoms with Gasteiger partial charge in [-0.3, -0.25) is 9.59 Å². The number of anilines is 1. The Morgan fingerprint density at radius 2 is 1.86 bits per heavy atom. The number of amides is 1. The van der Waals surface area contributed by atoms with Crippen LogP contribution in [0.1, 0.15) is 41.1 Å². The molecular weight excluding hydrogens is 474 g/mol. The van der Waals surface area contributed by atoms with Crippen LogP contribution in [0.4, 0.5) is 11.5 Å². The third-order valence-corrected chi connectivity index (χ3v) is 6.46. The van der Waals surface area contributed by atoms with Gasteiger partial charge in [-0.1, -0.05) is 49.7 Å². The minimum atomic E-state index is -0.337.